The second-order valence-corrected chi connectivity index (χ2v) is 7.75. The fourth-order valence-corrected chi connectivity index (χ4v) is 3.70. The van der Waals surface area contributed by atoms with Crippen molar-refractivity contribution in [2.24, 2.45) is 5.92 Å². The van der Waals surface area contributed by atoms with E-state index in [9.17, 15) is 9.59 Å². The highest BCUT2D eigenvalue weighted by atomic mass is 16.1. The zero-order chi connectivity index (χ0) is 18.2. The molecule has 0 bridgehead atoms. The van der Waals surface area contributed by atoms with Crippen LogP contribution in [0.5, 0.6) is 0 Å². The number of Topliss-reactive ketones (excluding diaryl/α,β-unsaturated/α-hetero) is 1. The van der Waals surface area contributed by atoms with Crippen molar-refractivity contribution in [3.63, 3.8) is 0 Å². The molecule has 0 saturated heterocycles. The summed E-state index contributed by atoms with van der Waals surface area (Å²) < 4.78 is 0. The van der Waals surface area contributed by atoms with E-state index in [-0.39, 0.29) is 17.5 Å². The molecule has 1 unspecified atom stereocenters. The molecule has 1 atom stereocenters. The summed E-state index contributed by atoms with van der Waals surface area (Å²) in [5.41, 5.74) is 0. The highest BCUT2D eigenvalue weighted by molar-refractivity contribution is 6.07. The molecule has 0 N–H and O–H groups in total. The van der Waals surface area contributed by atoms with Crippen molar-refractivity contribution in [1.82, 2.24) is 0 Å². The number of carbonyl (C=O) groups is 2. The molecular formula is C23H40O2. The third-order valence-corrected chi connectivity index (χ3v) is 5.40. The van der Waals surface area contributed by atoms with Gasteiger partial charge >= 0.3 is 0 Å². The van der Waals surface area contributed by atoms with Crippen LogP contribution >= 0.6 is 0 Å². The lowest BCUT2D eigenvalue weighted by Crippen LogP contribution is -2.23. The monoisotopic (exact) mass is 348 g/mol. The predicted molar refractivity (Wildman–Crippen MR) is 107 cm³/mol. The molecule has 0 spiro atoms. The fourth-order valence-electron chi connectivity index (χ4n) is 3.70. The number of hydrogen-bond donors (Lipinski definition) is 0. The maximum atomic E-state index is 12.5. The minimum atomic E-state index is -0.361. The molecule has 1 rings (SSSR count). The van der Waals surface area contributed by atoms with Gasteiger partial charge in [0.15, 0.2) is 5.78 Å². The molecule has 1 aliphatic carbocycles. The summed E-state index contributed by atoms with van der Waals surface area (Å²) in [6.07, 6.45) is 23.1. The van der Waals surface area contributed by atoms with Gasteiger partial charge in [0.05, 0.1) is 5.92 Å². The minimum absolute atomic E-state index is 0.0630. The van der Waals surface area contributed by atoms with Crippen molar-refractivity contribution in [2.45, 2.75) is 116 Å². The maximum Gasteiger partial charge on any atom is 0.165 e. The van der Waals surface area contributed by atoms with Crippen molar-refractivity contribution in [3.8, 4) is 0 Å². The summed E-state index contributed by atoms with van der Waals surface area (Å²) in [4.78, 5) is 24.9. The summed E-state index contributed by atoms with van der Waals surface area (Å²) >= 11 is 0. The Morgan fingerprint density at radius 1 is 0.880 bits per heavy atom. The van der Waals surface area contributed by atoms with Crippen molar-refractivity contribution < 1.29 is 9.59 Å². The van der Waals surface area contributed by atoms with E-state index in [0.717, 1.165) is 38.5 Å². The third kappa shape index (κ3) is 11.3. The quantitative estimate of drug-likeness (QED) is 0.256. The van der Waals surface area contributed by atoms with Gasteiger partial charge in [-0.05, 0) is 31.8 Å². The van der Waals surface area contributed by atoms with Gasteiger partial charge in [-0.3, -0.25) is 9.59 Å². The Balaban J connectivity index is 2.34. The molecule has 1 saturated carbocycles. The fraction of sp³-hybridized carbons (Fsp3) is 0.826. The van der Waals surface area contributed by atoms with Gasteiger partial charge in [0.1, 0.15) is 5.78 Å². The van der Waals surface area contributed by atoms with Gasteiger partial charge < -0.3 is 0 Å². The van der Waals surface area contributed by atoms with Crippen LogP contribution in [0.1, 0.15) is 116 Å². The number of hydrogen-bond acceptors (Lipinski definition) is 2. The molecule has 0 aromatic carbocycles. The Morgan fingerprint density at radius 3 is 2.20 bits per heavy atom. The van der Waals surface area contributed by atoms with Crippen LogP contribution in [0.25, 0.3) is 0 Å². The highest BCUT2D eigenvalue weighted by Crippen LogP contribution is 2.20. The van der Waals surface area contributed by atoms with Crippen LogP contribution in [0, 0.1) is 5.92 Å². The van der Waals surface area contributed by atoms with Crippen molar-refractivity contribution in [2.75, 3.05) is 0 Å². The van der Waals surface area contributed by atoms with Crippen LogP contribution in [0.2, 0.25) is 0 Å². The number of ketones is 2. The average molecular weight is 349 g/mol. The Labute approximate surface area is 155 Å². The summed E-state index contributed by atoms with van der Waals surface area (Å²) in [5.74, 6) is -0.108. The first-order valence-corrected chi connectivity index (χ1v) is 11.0. The molecular weight excluding hydrogens is 308 g/mol. The highest BCUT2D eigenvalue weighted by Gasteiger charge is 2.23. The minimum Gasteiger partial charge on any atom is -0.299 e. The lowest BCUT2D eigenvalue weighted by atomic mass is 9.88. The number of carbonyl (C=O) groups excluding carboxylic acids is 2. The summed E-state index contributed by atoms with van der Waals surface area (Å²) in [5, 5.41) is 0. The molecule has 2 heteroatoms. The van der Waals surface area contributed by atoms with Gasteiger partial charge in [-0.15, -0.1) is 0 Å². The molecule has 0 amide bonds. The van der Waals surface area contributed by atoms with E-state index in [2.05, 4.69) is 6.92 Å². The van der Waals surface area contributed by atoms with Gasteiger partial charge in [0, 0.05) is 6.42 Å². The van der Waals surface area contributed by atoms with Crippen LogP contribution in [0.15, 0.2) is 12.2 Å². The topological polar surface area (TPSA) is 34.1 Å². The molecule has 1 fully saturated rings. The molecule has 25 heavy (non-hydrogen) atoms. The second kappa shape index (κ2) is 15.3. The Kier molecular flexibility index (Phi) is 13.6. The molecule has 0 aliphatic heterocycles. The second-order valence-electron chi connectivity index (χ2n) is 7.75. The summed E-state index contributed by atoms with van der Waals surface area (Å²) in [7, 11) is 0. The van der Waals surface area contributed by atoms with E-state index in [1.807, 2.05) is 6.08 Å². The van der Waals surface area contributed by atoms with Gasteiger partial charge in [-0.2, -0.15) is 0 Å². The van der Waals surface area contributed by atoms with Crippen LogP contribution in [-0.4, -0.2) is 11.6 Å². The Hall–Kier alpha value is -0.920. The van der Waals surface area contributed by atoms with E-state index in [4.69, 9.17) is 0 Å². The molecule has 0 radical (unpaired) electrons. The molecule has 2 nitrogen and oxygen atoms in total. The van der Waals surface area contributed by atoms with Crippen molar-refractivity contribution in [3.05, 3.63) is 12.2 Å². The normalized spacial score (nSPS) is 21.0. The van der Waals surface area contributed by atoms with Gasteiger partial charge in [0.2, 0.25) is 0 Å². The molecule has 0 aromatic rings. The summed E-state index contributed by atoms with van der Waals surface area (Å²) in [6.45, 7) is 2.23. The zero-order valence-corrected chi connectivity index (χ0v) is 16.6. The number of unbranched alkanes of at least 4 members (excludes halogenated alkanes) is 6. The van der Waals surface area contributed by atoms with E-state index in [1.165, 1.54) is 64.2 Å². The standard InChI is InChI=1S/C23H40O2/c1-2-3-4-5-6-10-13-16-19-22(24)21-18-15-12-9-7-8-11-14-17-20-23(21)25/h16,19,21H,2-15,17-18,20H2,1H3. The first-order valence-electron chi connectivity index (χ1n) is 11.0. The van der Waals surface area contributed by atoms with E-state index >= 15 is 0 Å². The van der Waals surface area contributed by atoms with Gasteiger partial charge in [-0.1, -0.05) is 90.0 Å². The lowest BCUT2D eigenvalue weighted by Gasteiger charge is -2.14. The van der Waals surface area contributed by atoms with Crippen LogP contribution in [0.3, 0.4) is 0 Å². The van der Waals surface area contributed by atoms with E-state index in [1.54, 1.807) is 6.08 Å². The maximum absolute atomic E-state index is 12.5. The predicted octanol–water partition coefficient (Wildman–Crippen LogP) is 6.96. The van der Waals surface area contributed by atoms with Gasteiger partial charge in [0.25, 0.3) is 0 Å². The number of rotatable bonds is 9. The lowest BCUT2D eigenvalue weighted by molar-refractivity contribution is -0.130. The van der Waals surface area contributed by atoms with Crippen LogP contribution in [0.4, 0.5) is 0 Å². The average Bonchev–Trinajstić information content (AvgIpc) is 2.60. The van der Waals surface area contributed by atoms with Crippen molar-refractivity contribution >= 4 is 11.6 Å². The SMILES string of the molecule is CCCCCCCCC=CC(=O)C1CCCCCCCCCCC1=O. The summed E-state index contributed by atoms with van der Waals surface area (Å²) in [6, 6.07) is 0. The van der Waals surface area contributed by atoms with E-state index < -0.39 is 0 Å². The Bertz CT molecular complexity index is 384. The van der Waals surface area contributed by atoms with Crippen LogP contribution < -0.4 is 0 Å². The largest absolute Gasteiger partial charge is 0.299 e. The number of allylic oxidation sites excluding steroid dienone is 2. The molecule has 0 heterocycles. The smallest absolute Gasteiger partial charge is 0.165 e. The third-order valence-electron chi connectivity index (χ3n) is 5.40. The van der Waals surface area contributed by atoms with Gasteiger partial charge in [-0.25, -0.2) is 0 Å². The van der Waals surface area contributed by atoms with E-state index in [0.29, 0.717) is 6.42 Å². The van der Waals surface area contributed by atoms with Crippen LogP contribution in [-0.2, 0) is 9.59 Å². The molecule has 0 aromatic heterocycles. The Morgan fingerprint density at radius 2 is 1.48 bits per heavy atom. The zero-order valence-electron chi connectivity index (χ0n) is 16.6. The molecule has 144 valence electrons. The van der Waals surface area contributed by atoms with Crippen molar-refractivity contribution in [1.29, 1.82) is 0 Å². The first-order chi connectivity index (χ1) is 12.3. The molecule has 1 aliphatic rings. The first kappa shape index (κ1) is 22.1.